The second-order valence-electron chi connectivity index (χ2n) is 9.15. The number of aromatic nitrogens is 2. The third kappa shape index (κ3) is 7.15. The fraction of sp³-hybridized carbons (Fsp3) is 0.600. The Kier molecular flexibility index (Phi) is 10.3. The zero-order chi connectivity index (χ0) is 25.4. The van der Waals surface area contributed by atoms with Gasteiger partial charge < -0.3 is 14.6 Å². The highest BCUT2D eigenvalue weighted by atomic mass is 79.9. The van der Waals surface area contributed by atoms with Crippen molar-refractivity contribution in [1.82, 2.24) is 14.3 Å². The van der Waals surface area contributed by atoms with Gasteiger partial charge >= 0.3 is 0 Å². The maximum Gasteiger partial charge on any atom is 0.265 e. The van der Waals surface area contributed by atoms with Crippen LogP contribution in [0.5, 0.6) is 5.75 Å². The number of sulfonamides is 1. The molecule has 3 rings (SSSR count). The molecule has 0 spiro atoms. The van der Waals surface area contributed by atoms with Crippen LogP contribution in [0.3, 0.4) is 0 Å². The van der Waals surface area contributed by atoms with Crippen LogP contribution in [0.2, 0.25) is 0 Å². The number of nitrogens with one attached hydrogen (secondary N) is 2. The van der Waals surface area contributed by atoms with Gasteiger partial charge in [0.1, 0.15) is 16.0 Å². The Morgan fingerprint density at radius 1 is 1.11 bits per heavy atom. The van der Waals surface area contributed by atoms with Gasteiger partial charge in [-0.2, -0.15) is 4.31 Å². The number of piperazine rings is 1. The van der Waals surface area contributed by atoms with Crippen LogP contribution in [-0.2, 0) is 16.4 Å². The summed E-state index contributed by atoms with van der Waals surface area (Å²) in [5.41, 5.74) is 0.868. The van der Waals surface area contributed by atoms with Crippen LogP contribution < -0.4 is 15.2 Å². The van der Waals surface area contributed by atoms with Crippen LogP contribution in [-0.4, -0.2) is 62.5 Å². The zero-order valence-electron chi connectivity index (χ0n) is 21.0. The number of likely N-dealkylation sites (N-methyl/N-ethyl adjacent to an activating group) is 1. The van der Waals surface area contributed by atoms with Crippen LogP contribution >= 0.6 is 15.9 Å². The topological polar surface area (TPSA) is 96.8 Å². The minimum Gasteiger partial charge on any atom is -0.493 e. The van der Waals surface area contributed by atoms with E-state index in [1.807, 2.05) is 6.92 Å². The van der Waals surface area contributed by atoms with E-state index in [1.54, 1.807) is 18.2 Å². The van der Waals surface area contributed by atoms with Crippen LogP contribution in [0.1, 0.15) is 58.1 Å². The third-order valence-electron chi connectivity index (χ3n) is 6.42. The van der Waals surface area contributed by atoms with Gasteiger partial charge in [0.25, 0.3) is 5.56 Å². The molecule has 10 heteroatoms. The molecule has 2 aromatic rings. The zero-order valence-corrected chi connectivity index (χ0v) is 23.4. The van der Waals surface area contributed by atoms with E-state index >= 15 is 0 Å². The molecule has 0 saturated carbocycles. The molecule has 0 aliphatic carbocycles. The first-order chi connectivity index (χ1) is 16.8. The van der Waals surface area contributed by atoms with Gasteiger partial charge in [0.05, 0.1) is 56.0 Å². The molecule has 2 heterocycles. The number of hydrogen-bond donors (Lipinski definition) is 2. The lowest BCUT2D eigenvalue weighted by Gasteiger charge is -2.29. The standard InChI is InChI=1S/C25H37BrN4O4S/c1-4-6-7-8-9-10-11-21-23(26)25(31)28-24(27-21)20-18-19(12-13-22(20)34-5-2)35(32,33)30-16-14-29(3)15-17-30/h12-13,18H,4-11,14-17H2,1-3H3,(H,27,28,31)/p+1. The molecule has 2 N–H and O–H groups in total. The van der Waals surface area contributed by atoms with E-state index in [9.17, 15) is 13.2 Å². The highest BCUT2D eigenvalue weighted by molar-refractivity contribution is 9.10. The molecule has 1 aromatic carbocycles. The number of halogens is 1. The normalized spacial score (nSPS) is 15.4. The molecular weight excluding hydrogens is 532 g/mol. The minimum atomic E-state index is -3.67. The van der Waals surface area contributed by atoms with Crippen molar-refractivity contribution in [2.24, 2.45) is 0 Å². The number of hydrogen-bond acceptors (Lipinski definition) is 5. The molecule has 0 unspecified atom stereocenters. The Bertz CT molecular complexity index is 1140. The van der Waals surface area contributed by atoms with Crippen molar-refractivity contribution >= 4 is 26.0 Å². The first-order valence-electron chi connectivity index (χ1n) is 12.6. The van der Waals surface area contributed by atoms with Crippen LogP contribution in [0.15, 0.2) is 32.4 Å². The summed E-state index contributed by atoms with van der Waals surface area (Å²) in [5.74, 6) is 0.813. The Morgan fingerprint density at radius 3 is 2.49 bits per heavy atom. The van der Waals surface area contributed by atoms with E-state index in [0.29, 0.717) is 53.4 Å². The highest BCUT2D eigenvalue weighted by Crippen LogP contribution is 2.32. The number of unbranched alkanes of at least 4 members (excludes halogenated alkanes) is 5. The highest BCUT2D eigenvalue weighted by Gasteiger charge is 2.30. The van der Waals surface area contributed by atoms with Crippen LogP contribution in [0.4, 0.5) is 0 Å². The second kappa shape index (κ2) is 13.0. The van der Waals surface area contributed by atoms with Crippen molar-refractivity contribution in [1.29, 1.82) is 0 Å². The Morgan fingerprint density at radius 2 is 1.80 bits per heavy atom. The quantitative estimate of drug-likeness (QED) is 0.383. The SMILES string of the molecule is CCCCCCCCc1nc(-c2cc(S(=O)(=O)N3CC[NH+](C)CC3)ccc2OCC)[nH]c(=O)c1Br. The first-order valence-corrected chi connectivity index (χ1v) is 14.9. The van der Waals surface area contributed by atoms with E-state index in [1.165, 1.54) is 34.9 Å². The van der Waals surface area contributed by atoms with Crippen molar-refractivity contribution in [3.05, 3.63) is 38.7 Å². The number of benzene rings is 1. The van der Waals surface area contributed by atoms with Gasteiger partial charge in [0.2, 0.25) is 10.0 Å². The first kappa shape index (κ1) is 27.8. The number of ether oxygens (including phenoxy) is 1. The summed E-state index contributed by atoms with van der Waals surface area (Å²) in [6, 6.07) is 4.80. The van der Waals surface area contributed by atoms with Crippen molar-refractivity contribution in [2.45, 2.75) is 63.7 Å². The number of aryl methyl sites for hydroxylation is 1. The largest absolute Gasteiger partial charge is 0.493 e. The number of H-pyrrole nitrogens is 1. The molecule has 0 radical (unpaired) electrons. The molecule has 1 aromatic heterocycles. The van der Waals surface area contributed by atoms with Gasteiger partial charge in [0.15, 0.2) is 0 Å². The van der Waals surface area contributed by atoms with Gasteiger partial charge in [-0.3, -0.25) is 4.79 Å². The maximum absolute atomic E-state index is 13.4. The second-order valence-corrected chi connectivity index (χ2v) is 11.9. The predicted octanol–water partition coefficient (Wildman–Crippen LogP) is 3.02. The molecule has 0 atom stereocenters. The van der Waals surface area contributed by atoms with E-state index in [4.69, 9.17) is 9.72 Å². The monoisotopic (exact) mass is 569 g/mol. The van der Waals surface area contributed by atoms with Crippen molar-refractivity contribution < 1.29 is 18.1 Å². The molecule has 194 valence electrons. The van der Waals surface area contributed by atoms with Crippen molar-refractivity contribution in [3.63, 3.8) is 0 Å². The van der Waals surface area contributed by atoms with Gasteiger partial charge in [-0.05, 0) is 53.9 Å². The van der Waals surface area contributed by atoms with Gasteiger partial charge in [0, 0.05) is 0 Å². The number of quaternary nitrogens is 1. The summed E-state index contributed by atoms with van der Waals surface area (Å²) < 4.78 is 34.5. The molecule has 35 heavy (non-hydrogen) atoms. The lowest BCUT2D eigenvalue weighted by Crippen LogP contribution is -3.12. The molecule has 1 saturated heterocycles. The summed E-state index contributed by atoms with van der Waals surface area (Å²) >= 11 is 3.39. The Labute approximate surface area is 217 Å². The van der Waals surface area contributed by atoms with Crippen LogP contribution in [0, 0.1) is 0 Å². The molecule has 0 amide bonds. The van der Waals surface area contributed by atoms with Crippen molar-refractivity contribution in [3.8, 4) is 17.1 Å². The maximum atomic E-state index is 13.4. The lowest BCUT2D eigenvalue weighted by molar-refractivity contribution is -0.883. The van der Waals surface area contributed by atoms with E-state index < -0.39 is 10.0 Å². The summed E-state index contributed by atoms with van der Waals surface area (Å²) in [6.45, 7) is 6.97. The summed E-state index contributed by atoms with van der Waals surface area (Å²) in [5, 5.41) is 0. The average molecular weight is 571 g/mol. The van der Waals surface area contributed by atoms with Gasteiger partial charge in [-0.25, -0.2) is 13.4 Å². The Hall–Kier alpha value is -1.75. The number of nitrogens with zero attached hydrogens (tertiary/aromatic N) is 2. The third-order valence-corrected chi connectivity index (χ3v) is 9.13. The smallest absolute Gasteiger partial charge is 0.265 e. The summed E-state index contributed by atoms with van der Waals surface area (Å²) in [6.07, 6.45) is 7.54. The van der Waals surface area contributed by atoms with Gasteiger partial charge in [-0.1, -0.05) is 39.0 Å². The van der Waals surface area contributed by atoms with Gasteiger partial charge in [-0.15, -0.1) is 0 Å². The fourth-order valence-electron chi connectivity index (χ4n) is 4.26. The molecule has 1 aliphatic rings. The fourth-order valence-corrected chi connectivity index (χ4v) is 6.12. The average Bonchev–Trinajstić information content (AvgIpc) is 2.84. The number of aromatic amines is 1. The molecular formula is C25H38BrN4O4S+. The minimum absolute atomic E-state index is 0.179. The Balaban J connectivity index is 1.92. The molecule has 0 bridgehead atoms. The predicted molar refractivity (Wildman–Crippen MR) is 142 cm³/mol. The van der Waals surface area contributed by atoms with Crippen LogP contribution in [0.25, 0.3) is 11.4 Å². The van der Waals surface area contributed by atoms with E-state index in [0.717, 1.165) is 25.9 Å². The summed E-state index contributed by atoms with van der Waals surface area (Å²) in [4.78, 5) is 21.8. The van der Waals surface area contributed by atoms with E-state index in [-0.39, 0.29) is 10.5 Å². The molecule has 1 fully saturated rings. The molecule has 8 nitrogen and oxygen atoms in total. The number of rotatable bonds is 12. The van der Waals surface area contributed by atoms with Crippen molar-refractivity contribution in [2.75, 3.05) is 39.8 Å². The lowest BCUT2D eigenvalue weighted by atomic mass is 10.1. The van der Waals surface area contributed by atoms with E-state index in [2.05, 4.69) is 34.9 Å². The molecule has 1 aliphatic heterocycles. The summed E-state index contributed by atoms with van der Waals surface area (Å²) in [7, 11) is -1.60.